The summed E-state index contributed by atoms with van der Waals surface area (Å²) < 4.78 is 4.85. The minimum absolute atomic E-state index is 0.0449. The molecule has 1 N–H and O–H groups in total. The number of aliphatic carboxylic acids is 1. The molecular formula is C14H17NO4. The van der Waals surface area contributed by atoms with E-state index in [9.17, 15) is 14.7 Å². The molecule has 5 heteroatoms. The van der Waals surface area contributed by atoms with Crippen LogP contribution in [0.4, 0.5) is 4.79 Å². The molecule has 0 fully saturated rings. The van der Waals surface area contributed by atoms with Crippen LogP contribution in [0.1, 0.15) is 17.2 Å². The van der Waals surface area contributed by atoms with Crippen LogP contribution >= 0.6 is 0 Å². The number of carboxylic acids is 1. The minimum atomic E-state index is -1.10. The van der Waals surface area contributed by atoms with Gasteiger partial charge in [-0.3, -0.25) is 4.90 Å². The van der Waals surface area contributed by atoms with Gasteiger partial charge in [0.05, 0.1) is 0 Å². The van der Waals surface area contributed by atoms with E-state index in [0.29, 0.717) is 5.56 Å². The van der Waals surface area contributed by atoms with Gasteiger partial charge in [-0.05, 0) is 18.1 Å². The zero-order chi connectivity index (χ0) is 14.4. The predicted octanol–water partition coefficient (Wildman–Crippen LogP) is 2.38. The van der Waals surface area contributed by atoms with Crippen LogP contribution in [0, 0.1) is 6.92 Å². The molecular weight excluding hydrogens is 246 g/mol. The molecule has 1 atom stereocenters. The van der Waals surface area contributed by atoms with Crippen molar-refractivity contribution in [1.29, 1.82) is 0 Å². The van der Waals surface area contributed by atoms with Gasteiger partial charge in [-0.25, -0.2) is 9.59 Å². The molecule has 0 aliphatic carbocycles. The van der Waals surface area contributed by atoms with E-state index >= 15 is 0 Å². The Hall–Kier alpha value is -2.30. The second kappa shape index (κ2) is 6.58. The van der Waals surface area contributed by atoms with Crippen molar-refractivity contribution in [3.8, 4) is 0 Å². The Bertz CT molecular complexity index is 484. The molecule has 1 aromatic rings. The number of carboxylic acid groups (broad SMARTS) is 1. The molecule has 0 aliphatic rings. The number of rotatable bonds is 5. The lowest BCUT2D eigenvalue weighted by atomic mass is 10.0. The van der Waals surface area contributed by atoms with Gasteiger partial charge in [0.15, 0.2) is 6.04 Å². The first kappa shape index (κ1) is 14.8. The first-order valence-electron chi connectivity index (χ1n) is 5.77. The predicted molar refractivity (Wildman–Crippen MR) is 70.9 cm³/mol. The number of aryl methyl sites for hydroxylation is 1. The quantitative estimate of drug-likeness (QED) is 0.828. The number of hydrogen-bond donors (Lipinski definition) is 1. The fraction of sp³-hybridized carbons (Fsp3) is 0.286. The number of likely N-dealkylation sites (N-methyl/N-ethyl adjacent to an activating group) is 1. The third kappa shape index (κ3) is 3.58. The van der Waals surface area contributed by atoms with Crippen molar-refractivity contribution >= 4 is 12.1 Å². The van der Waals surface area contributed by atoms with Crippen LogP contribution in [0.15, 0.2) is 36.9 Å². The summed E-state index contributed by atoms with van der Waals surface area (Å²) in [6.07, 6.45) is 0.727. The van der Waals surface area contributed by atoms with Crippen LogP contribution < -0.4 is 0 Å². The fourth-order valence-electron chi connectivity index (χ4n) is 1.74. The van der Waals surface area contributed by atoms with Gasteiger partial charge in [-0.2, -0.15) is 0 Å². The molecule has 0 saturated heterocycles. The van der Waals surface area contributed by atoms with E-state index in [1.54, 1.807) is 25.1 Å². The maximum absolute atomic E-state index is 11.7. The van der Waals surface area contributed by atoms with Crippen LogP contribution in [-0.2, 0) is 9.53 Å². The standard InChI is InChI=1S/C14H17NO4/c1-4-9-19-14(18)15(3)12(13(16)17)11-8-6-5-7-10(11)2/h4-8,12H,1,9H2,2-3H3,(H,16,17). The first-order valence-corrected chi connectivity index (χ1v) is 5.77. The molecule has 0 heterocycles. The van der Waals surface area contributed by atoms with Crippen LogP contribution in [0.2, 0.25) is 0 Å². The molecule has 1 amide bonds. The van der Waals surface area contributed by atoms with Gasteiger partial charge in [-0.15, -0.1) is 0 Å². The van der Waals surface area contributed by atoms with Gasteiger partial charge in [0.25, 0.3) is 0 Å². The van der Waals surface area contributed by atoms with E-state index in [4.69, 9.17) is 4.74 Å². The lowest BCUT2D eigenvalue weighted by Crippen LogP contribution is -2.36. The fourth-order valence-corrected chi connectivity index (χ4v) is 1.74. The Morgan fingerprint density at radius 2 is 2.11 bits per heavy atom. The third-order valence-corrected chi connectivity index (χ3v) is 2.72. The van der Waals surface area contributed by atoms with Crippen molar-refractivity contribution in [2.24, 2.45) is 0 Å². The SMILES string of the molecule is C=CCOC(=O)N(C)C(C(=O)O)c1ccccc1C. The van der Waals surface area contributed by atoms with Gasteiger partial charge in [0.2, 0.25) is 0 Å². The Labute approximate surface area is 112 Å². The highest BCUT2D eigenvalue weighted by Gasteiger charge is 2.30. The molecule has 1 aromatic carbocycles. The van der Waals surface area contributed by atoms with Crippen LogP contribution in [0.5, 0.6) is 0 Å². The van der Waals surface area contributed by atoms with Crippen molar-refractivity contribution in [3.05, 3.63) is 48.0 Å². The highest BCUT2D eigenvalue weighted by molar-refractivity contribution is 5.81. The summed E-state index contributed by atoms with van der Waals surface area (Å²) in [6.45, 7) is 5.28. The van der Waals surface area contributed by atoms with Gasteiger partial charge in [-0.1, -0.05) is 36.9 Å². The molecule has 102 valence electrons. The van der Waals surface area contributed by atoms with Crippen LogP contribution in [0.3, 0.4) is 0 Å². The Kier molecular flexibility index (Phi) is 5.11. The van der Waals surface area contributed by atoms with Gasteiger partial charge in [0.1, 0.15) is 6.61 Å². The molecule has 0 aromatic heterocycles. The number of hydrogen-bond acceptors (Lipinski definition) is 3. The number of nitrogens with zero attached hydrogens (tertiary/aromatic N) is 1. The first-order chi connectivity index (χ1) is 8.99. The molecule has 0 bridgehead atoms. The summed E-state index contributed by atoms with van der Waals surface area (Å²) in [4.78, 5) is 24.2. The Balaban J connectivity index is 3.02. The van der Waals surface area contributed by atoms with Crippen molar-refractivity contribution < 1.29 is 19.4 Å². The number of ether oxygens (including phenoxy) is 1. The molecule has 0 radical (unpaired) electrons. The molecule has 1 rings (SSSR count). The number of amides is 1. The normalized spacial score (nSPS) is 11.5. The van der Waals surface area contributed by atoms with Gasteiger partial charge >= 0.3 is 12.1 Å². The van der Waals surface area contributed by atoms with Gasteiger partial charge < -0.3 is 9.84 Å². The zero-order valence-corrected chi connectivity index (χ0v) is 11.0. The van der Waals surface area contributed by atoms with Crippen molar-refractivity contribution in [2.75, 3.05) is 13.7 Å². The molecule has 19 heavy (non-hydrogen) atoms. The van der Waals surface area contributed by atoms with Crippen molar-refractivity contribution in [1.82, 2.24) is 4.90 Å². The monoisotopic (exact) mass is 263 g/mol. The van der Waals surface area contributed by atoms with E-state index < -0.39 is 18.1 Å². The topological polar surface area (TPSA) is 66.8 Å². The zero-order valence-electron chi connectivity index (χ0n) is 11.0. The second-order valence-electron chi connectivity index (χ2n) is 4.07. The lowest BCUT2D eigenvalue weighted by Gasteiger charge is -2.25. The molecule has 5 nitrogen and oxygen atoms in total. The van der Waals surface area contributed by atoms with Gasteiger partial charge in [0, 0.05) is 7.05 Å². The number of benzene rings is 1. The average molecular weight is 263 g/mol. The summed E-state index contributed by atoms with van der Waals surface area (Å²) in [5.41, 5.74) is 1.37. The minimum Gasteiger partial charge on any atom is -0.479 e. The van der Waals surface area contributed by atoms with E-state index in [1.807, 2.05) is 6.07 Å². The lowest BCUT2D eigenvalue weighted by molar-refractivity contribution is -0.142. The van der Waals surface area contributed by atoms with E-state index in [1.165, 1.54) is 13.1 Å². The van der Waals surface area contributed by atoms with Crippen molar-refractivity contribution in [3.63, 3.8) is 0 Å². The summed E-state index contributed by atoms with van der Waals surface area (Å²) in [5, 5.41) is 9.33. The van der Waals surface area contributed by atoms with Crippen molar-refractivity contribution in [2.45, 2.75) is 13.0 Å². The highest BCUT2D eigenvalue weighted by Crippen LogP contribution is 2.23. The molecule has 1 unspecified atom stereocenters. The van der Waals surface area contributed by atoms with E-state index in [0.717, 1.165) is 10.5 Å². The van der Waals surface area contributed by atoms with E-state index in [-0.39, 0.29) is 6.61 Å². The Morgan fingerprint density at radius 3 is 2.63 bits per heavy atom. The maximum atomic E-state index is 11.7. The second-order valence-corrected chi connectivity index (χ2v) is 4.07. The molecule has 0 aliphatic heterocycles. The summed E-state index contributed by atoms with van der Waals surface area (Å²) >= 11 is 0. The van der Waals surface area contributed by atoms with Crippen LogP contribution in [-0.4, -0.2) is 35.7 Å². The Morgan fingerprint density at radius 1 is 1.47 bits per heavy atom. The number of carbonyl (C=O) groups excluding carboxylic acids is 1. The molecule has 0 saturated carbocycles. The average Bonchev–Trinajstić information content (AvgIpc) is 2.38. The molecule has 0 spiro atoms. The summed E-state index contributed by atoms with van der Waals surface area (Å²) in [7, 11) is 1.40. The smallest absolute Gasteiger partial charge is 0.410 e. The summed E-state index contributed by atoms with van der Waals surface area (Å²) in [5.74, 6) is -1.10. The van der Waals surface area contributed by atoms with E-state index in [2.05, 4.69) is 6.58 Å². The number of carbonyl (C=O) groups is 2. The largest absolute Gasteiger partial charge is 0.479 e. The maximum Gasteiger partial charge on any atom is 0.410 e. The highest BCUT2D eigenvalue weighted by atomic mass is 16.6. The third-order valence-electron chi connectivity index (χ3n) is 2.72. The van der Waals surface area contributed by atoms with Crippen LogP contribution in [0.25, 0.3) is 0 Å². The summed E-state index contributed by atoms with van der Waals surface area (Å²) in [6, 6.07) is 5.97.